The number of hydrogen-bond acceptors (Lipinski definition) is 1. The monoisotopic (exact) mass is 1080 g/mol. The average molecular weight is 1080 g/mol. The molecule has 0 N–H and O–H groups in total. The standard InChI is InChI=1S/C73H49F6N3/c1-43-8-16-47(17-9-43)51-24-31-65-59(36-51)60-37-52(48-18-10-44(2)11-19-48)25-32-66(60)81(65)69-35-28-55(58-30-29-57(72(74,75)76)41-64(58)73(77,78)79)40-63(69)71-56(42-80)6-5-7-70(71)82-67-33-26-53(49-20-12-45(3)13-21-49)38-61(67)62-39-54(27-34-68(62)82)50-22-14-46(4)15-23-50/h5-41H,1-4H3. The molecular formula is C73H49F6N3. The van der Waals surface area contributed by atoms with Crippen LogP contribution >= 0.6 is 0 Å². The second-order valence-corrected chi connectivity index (χ2v) is 21.4. The van der Waals surface area contributed by atoms with Gasteiger partial charge in [0.15, 0.2) is 0 Å². The third-order valence-electron chi connectivity index (χ3n) is 15.9. The van der Waals surface area contributed by atoms with Crippen LogP contribution in [0.2, 0.25) is 0 Å². The van der Waals surface area contributed by atoms with Crippen molar-refractivity contribution in [2.24, 2.45) is 0 Å². The van der Waals surface area contributed by atoms with Crippen LogP contribution in [0, 0.1) is 39.0 Å². The van der Waals surface area contributed by atoms with Crippen molar-refractivity contribution in [3.63, 3.8) is 0 Å². The van der Waals surface area contributed by atoms with Gasteiger partial charge < -0.3 is 9.13 Å². The summed E-state index contributed by atoms with van der Waals surface area (Å²) in [6.07, 6.45) is -10.2. The van der Waals surface area contributed by atoms with E-state index >= 15 is 13.2 Å². The first-order chi connectivity index (χ1) is 39.5. The molecule has 0 unspecified atom stereocenters. The van der Waals surface area contributed by atoms with E-state index in [-0.39, 0.29) is 17.2 Å². The predicted molar refractivity (Wildman–Crippen MR) is 321 cm³/mol. The average Bonchev–Trinajstić information content (AvgIpc) is 3.84. The summed E-state index contributed by atoms with van der Waals surface area (Å²) in [6, 6.07) is 73.0. The van der Waals surface area contributed by atoms with E-state index in [0.29, 0.717) is 28.6 Å². The molecule has 0 spiro atoms. The molecular weight excluding hydrogens is 1030 g/mol. The summed E-state index contributed by atoms with van der Waals surface area (Å²) < 4.78 is 92.8. The Morgan fingerprint density at radius 1 is 0.329 bits per heavy atom. The third-order valence-corrected chi connectivity index (χ3v) is 15.9. The smallest absolute Gasteiger partial charge is 0.309 e. The second-order valence-electron chi connectivity index (χ2n) is 21.4. The van der Waals surface area contributed by atoms with Gasteiger partial charge in [0.1, 0.15) is 0 Å². The maximum Gasteiger partial charge on any atom is 0.417 e. The summed E-state index contributed by atoms with van der Waals surface area (Å²) in [5.41, 5.74) is 14.5. The minimum Gasteiger partial charge on any atom is -0.309 e. The Balaban J connectivity index is 1.13. The fourth-order valence-electron chi connectivity index (χ4n) is 11.7. The summed E-state index contributed by atoms with van der Waals surface area (Å²) >= 11 is 0. The lowest BCUT2D eigenvalue weighted by molar-refractivity contribution is -0.142. The number of halogens is 6. The minimum atomic E-state index is -5.17. The zero-order valence-corrected chi connectivity index (χ0v) is 45.0. The summed E-state index contributed by atoms with van der Waals surface area (Å²) in [7, 11) is 0. The van der Waals surface area contributed by atoms with Gasteiger partial charge in [-0.1, -0.05) is 162 Å². The molecule has 0 saturated heterocycles. The molecule has 0 aliphatic rings. The predicted octanol–water partition coefficient (Wildman–Crippen LogP) is 21.0. The first-order valence-corrected chi connectivity index (χ1v) is 26.9. The highest BCUT2D eigenvalue weighted by atomic mass is 19.4. The van der Waals surface area contributed by atoms with Gasteiger partial charge in [0.25, 0.3) is 0 Å². The lowest BCUT2D eigenvalue weighted by Gasteiger charge is -2.22. The van der Waals surface area contributed by atoms with Crippen LogP contribution in [-0.4, -0.2) is 9.13 Å². The molecule has 9 heteroatoms. The zero-order valence-electron chi connectivity index (χ0n) is 45.0. The minimum absolute atomic E-state index is 0.00951. The number of aromatic nitrogens is 2. The van der Waals surface area contributed by atoms with Gasteiger partial charge in [-0.2, -0.15) is 31.6 Å². The number of fused-ring (bicyclic) bond motifs is 6. The molecule has 0 bridgehead atoms. The van der Waals surface area contributed by atoms with Crippen molar-refractivity contribution in [2.75, 3.05) is 0 Å². The van der Waals surface area contributed by atoms with E-state index in [0.717, 1.165) is 116 Å². The molecule has 398 valence electrons. The summed E-state index contributed by atoms with van der Waals surface area (Å²) in [5, 5.41) is 15.1. The Kier molecular flexibility index (Phi) is 12.4. The third kappa shape index (κ3) is 9.07. The molecule has 11 aromatic carbocycles. The van der Waals surface area contributed by atoms with Crippen LogP contribution in [0.1, 0.15) is 38.9 Å². The largest absolute Gasteiger partial charge is 0.417 e. The highest BCUT2D eigenvalue weighted by Crippen LogP contribution is 2.48. The van der Waals surface area contributed by atoms with Crippen LogP contribution in [-0.2, 0) is 12.4 Å². The van der Waals surface area contributed by atoms with E-state index in [4.69, 9.17) is 0 Å². The number of benzene rings is 11. The maximum atomic E-state index is 15.3. The fraction of sp³-hybridized carbons (Fsp3) is 0.0822. The zero-order chi connectivity index (χ0) is 56.8. The Labute approximate surface area is 469 Å². The Bertz CT molecular complexity index is 4520. The molecule has 0 aliphatic carbocycles. The van der Waals surface area contributed by atoms with Crippen molar-refractivity contribution in [1.82, 2.24) is 9.13 Å². The molecule has 0 saturated carbocycles. The molecule has 2 heterocycles. The molecule has 13 rings (SSSR count). The highest BCUT2D eigenvalue weighted by molar-refractivity contribution is 6.14. The number of alkyl halides is 6. The number of hydrogen-bond donors (Lipinski definition) is 0. The van der Waals surface area contributed by atoms with Crippen LogP contribution in [0.5, 0.6) is 0 Å². The first kappa shape index (κ1) is 51.5. The van der Waals surface area contributed by atoms with Gasteiger partial charge in [-0.3, -0.25) is 0 Å². The summed E-state index contributed by atoms with van der Waals surface area (Å²) in [5.74, 6) is 0. The number of nitrogens with zero attached hydrogens (tertiary/aromatic N) is 3. The van der Waals surface area contributed by atoms with Crippen LogP contribution in [0.4, 0.5) is 26.3 Å². The van der Waals surface area contributed by atoms with Gasteiger partial charge in [0, 0.05) is 32.7 Å². The van der Waals surface area contributed by atoms with E-state index in [1.807, 2.05) is 45.9 Å². The van der Waals surface area contributed by atoms with Gasteiger partial charge in [0.05, 0.1) is 56.2 Å². The molecule has 0 atom stereocenters. The van der Waals surface area contributed by atoms with Crippen molar-refractivity contribution < 1.29 is 26.3 Å². The highest BCUT2D eigenvalue weighted by Gasteiger charge is 2.39. The van der Waals surface area contributed by atoms with E-state index < -0.39 is 29.0 Å². The van der Waals surface area contributed by atoms with Gasteiger partial charge >= 0.3 is 12.4 Å². The van der Waals surface area contributed by atoms with Gasteiger partial charge in [0.2, 0.25) is 0 Å². The molecule has 0 fully saturated rings. The van der Waals surface area contributed by atoms with E-state index in [2.05, 4.69) is 173 Å². The number of aryl methyl sites for hydroxylation is 4. The maximum absolute atomic E-state index is 15.3. The number of rotatable bonds is 8. The summed E-state index contributed by atoms with van der Waals surface area (Å²) in [6.45, 7) is 8.18. The normalized spacial score (nSPS) is 12.0. The second kappa shape index (κ2) is 19.7. The van der Waals surface area contributed by atoms with Crippen LogP contribution in [0.25, 0.3) is 122 Å². The Morgan fingerprint density at radius 3 is 1.06 bits per heavy atom. The van der Waals surface area contributed by atoms with E-state index in [9.17, 15) is 18.4 Å². The molecule has 13 aromatic rings. The lowest BCUT2D eigenvalue weighted by atomic mass is 9.90. The van der Waals surface area contributed by atoms with Crippen molar-refractivity contribution in [3.05, 3.63) is 263 Å². The summed E-state index contributed by atoms with van der Waals surface area (Å²) in [4.78, 5) is 0. The van der Waals surface area contributed by atoms with E-state index in [1.54, 1.807) is 24.3 Å². The SMILES string of the molecule is Cc1ccc(-c2ccc3c(c2)c2cc(-c4ccc(C)cc4)ccc2n3-c2ccc(-c3ccc(C(F)(F)F)cc3C(F)(F)F)cc2-c2c(C#N)cccc2-n2c3ccc(-c4ccc(C)cc4)cc3c3cc(-c4ccc(C)cc4)ccc32)cc1. The van der Waals surface area contributed by atoms with Crippen molar-refractivity contribution >= 4 is 43.6 Å². The first-order valence-electron chi connectivity index (χ1n) is 26.9. The molecule has 82 heavy (non-hydrogen) atoms. The topological polar surface area (TPSA) is 33.6 Å². The van der Waals surface area contributed by atoms with Crippen molar-refractivity contribution in [3.8, 4) is 84.2 Å². The van der Waals surface area contributed by atoms with Crippen LogP contribution in [0.15, 0.2) is 224 Å². The Morgan fingerprint density at radius 2 is 0.695 bits per heavy atom. The molecule has 0 amide bonds. The number of nitriles is 1. The molecule has 0 aliphatic heterocycles. The van der Waals surface area contributed by atoms with E-state index in [1.165, 1.54) is 6.07 Å². The van der Waals surface area contributed by atoms with Crippen molar-refractivity contribution in [1.29, 1.82) is 5.26 Å². The molecule has 2 aromatic heterocycles. The van der Waals surface area contributed by atoms with Gasteiger partial charge in [-0.25, -0.2) is 0 Å². The molecule has 0 radical (unpaired) electrons. The Hall–Kier alpha value is -9.91. The van der Waals surface area contributed by atoms with Crippen LogP contribution in [0.3, 0.4) is 0 Å². The van der Waals surface area contributed by atoms with Gasteiger partial charge in [-0.15, -0.1) is 0 Å². The molecule has 3 nitrogen and oxygen atoms in total. The van der Waals surface area contributed by atoms with Crippen LogP contribution < -0.4 is 0 Å². The quantitative estimate of drug-likeness (QED) is 0.140. The van der Waals surface area contributed by atoms with Crippen molar-refractivity contribution in [2.45, 2.75) is 40.0 Å². The van der Waals surface area contributed by atoms with Gasteiger partial charge in [-0.05, 0) is 168 Å². The lowest BCUT2D eigenvalue weighted by Crippen LogP contribution is -2.12. The fourth-order valence-corrected chi connectivity index (χ4v) is 11.7.